The molecule has 0 atom stereocenters. The van der Waals surface area contributed by atoms with E-state index in [4.69, 9.17) is 5.73 Å². The third-order valence-corrected chi connectivity index (χ3v) is 5.39. The number of amides is 2. The van der Waals surface area contributed by atoms with Crippen molar-refractivity contribution in [2.75, 3.05) is 10.6 Å². The second-order valence-corrected chi connectivity index (χ2v) is 7.64. The fraction of sp³-hybridized carbons (Fsp3) is 0.0385. The average molecular weight is 435 g/mol. The van der Waals surface area contributed by atoms with E-state index in [9.17, 15) is 4.79 Å². The van der Waals surface area contributed by atoms with Gasteiger partial charge in [-0.3, -0.25) is 10.1 Å². The average Bonchev–Trinajstić information content (AvgIpc) is 3.28. The summed E-state index contributed by atoms with van der Waals surface area (Å²) in [5.41, 5.74) is 12.9. The van der Waals surface area contributed by atoms with Crippen LogP contribution in [-0.2, 0) is 6.54 Å². The summed E-state index contributed by atoms with van der Waals surface area (Å²) in [5, 5.41) is 14.3. The van der Waals surface area contributed by atoms with Gasteiger partial charge in [0.05, 0.1) is 5.52 Å². The second kappa shape index (κ2) is 8.94. The van der Waals surface area contributed by atoms with Crippen LogP contribution < -0.4 is 16.4 Å². The fourth-order valence-electron chi connectivity index (χ4n) is 3.74. The molecule has 7 nitrogen and oxygen atoms in total. The molecule has 3 aromatic carbocycles. The van der Waals surface area contributed by atoms with Gasteiger partial charge >= 0.3 is 6.03 Å². The summed E-state index contributed by atoms with van der Waals surface area (Å²) in [6, 6.07) is 25.0. The lowest BCUT2D eigenvalue weighted by Crippen LogP contribution is -2.19. The maximum Gasteiger partial charge on any atom is 0.323 e. The van der Waals surface area contributed by atoms with E-state index in [1.54, 1.807) is 12.4 Å². The number of fused-ring (bicyclic) bond motifs is 1. The number of carbonyl (C=O) groups excluding carboxylic acids is 1. The largest absolute Gasteiger partial charge is 0.326 e. The predicted molar refractivity (Wildman–Crippen MR) is 132 cm³/mol. The molecule has 0 aliphatic rings. The van der Waals surface area contributed by atoms with E-state index in [-0.39, 0.29) is 6.03 Å². The number of anilines is 2. The molecule has 0 radical (unpaired) electrons. The number of hydrogen-bond acceptors (Lipinski definition) is 4. The number of hydrogen-bond donors (Lipinski definition) is 4. The summed E-state index contributed by atoms with van der Waals surface area (Å²) in [6.45, 7) is 0.424. The molecule has 162 valence electrons. The van der Waals surface area contributed by atoms with E-state index in [1.807, 2.05) is 60.7 Å². The van der Waals surface area contributed by atoms with Crippen molar-refractivity contribution >= 4 is 28.3 Å². The number of nitrogens with zero attached hydrogens (tertiary/aromatic N) is 2. The molecule has 0 saturated heterocycles. The Bertz CT molecular complexity index is 1410. The number of urea groups is 1. The summed E-state index contributed by atoms with van der Waals surface area (Å²) in [6.07, 6.45) is 3.55. The van der Waals surface area contributed by atoms with Crippen molar-refractivity contribution in [2.24, 2.45) is 5.73 Å². The van der Waals surface area contributed by atoms with Crippen LogP contribution in [0, 0.1) is 0 Å². The molecule has 0 aliphatic carbocycles. The maximum absolute atomic E-state index is 12.3. The Labute approximate surface area is 190 Å². The Morgan fingerprint density at radius 1 is 0.848 bits per heavy atom. The summed E-state index contributed by atoms with van der Waals surface area (Å²) in [5.74, 6) is 0. The van der Waals surface area contributed by atoms with Gasteiger partial charge in [-0.1, -0.05) is 30.3 Å². The highest BCUT2D eigenvalue weighted by Crippen LogP contribution is 2.30. The molecule has 0 bridgehead atoms. The summed E-state index contributed by atoms with van der Waals surface area (Å²) < 4.78 is 0. The normalized spacial score (nSPS) is 10.8. The summed E-state index contributed by atoms with van der Waals surface area (Å²) in [4.78, 5) is 16.5. The van der Waals surface area contributed by atoms with Crippen molar-refractivity contribution in [1.82, 2.24) is 15.2 Å². The summed E-state index contributed by atoms with van der Waals surface area (Å²) in [7, 11) is 0. The molecular formula is C26H22N6O. The van der Waals surface area contributed by atoms with Gasteiger partial charge in [-0.25, -0.2) is 4.79 Å². The summed E-state index contributed by atoms with van der Waals surface area (Å²) >= 11 is 0. The molecule has 0 spiro atoms. The van der Waals surface area contributed by atoms with Crippen LogP contribution in [0.15, 0.2) is 91.3 Å². The van der Waals surface area contributed by atoms with Gasteiger partial charge in [-0.2, -0.15) is 5.10 Å². The standard InChI is InChI=1S/C26H22N6O/c27-15-17-3-1-5-22(13-17)30-26(33)29-21-9-6-18(7-10-21)19-8-11-23-24(14-19)31-32-25(23)20-4-2-12-28-16-20/h1-14,16H,15,27H2,(H,31,32)(H2,29,30,33). The Morgan fingerprint density at radius 2 is 1.67 bits per heavy atom. The maximum atomic E-state index is 12.3. The van der Waals surface area contributed by atoms with Gasteiger partial charge in [0, 0.05) is 41.3 Å². The Morgan fingerprint density at radius 3 is 2.45 bits per heavy atom. The Kier molecular flexibility index (Phi) is 5.53. The number of aromatic nitrogens is 3. The van der Waals surface area contributed by atoms with Crippen molar-refractivity contribution in [3.05, 3.63) is 96.8 Å². The lowest BCUT2D eigenvalue weighted by atomic mass is 10.0. The lowest BCUT2D eigenvalue weighted by molar-refractivity contribution is 0.262. The van der Waals surface area contributed by atoms with E-state index in [0.29, 0.717) is 17.9 Å². The van der Waals surface area contributed by atoms with Crippen LogP contribution in [0.4, 0.5) is 16.2 Å². The van der Waals surface area contributed by atoms with Gasteiger partial charge in [0.1, 0.15) is 5.69 Å². The Balaban J connectivity index is 1.30. The molecule has 2 heterocycles. The van der Waals surface area contributed by atoms with Crippen molar-refractivity contribution < 1.29 is 4.79 Å². The number of nitrogens with two attached hydrogens (primary N) is 1. The number of carbonyl (C=O) groups is 1. The number of H-pyrrole nitrogens is 1. The third kappa shape index (κ3) is 4.44. The van der Waals surface area contributed by atoms with Crippen LogP contribution in [0.3, 0.4) is 0 Å². The first-order valence-corrected chi connectivity index (χ1v) is 10.6. The van der Waals surface area contributed by atoms with Crippen LogP contribution in [0.5, 0.6) is 0 Å². The molecular weight excluding hydrogens is 412 g/mol. The van der Waals surface area contributed by atoms with Gasteiger partial charge in [-0.15, -0.1) is 0 Å². The number of aromatic amines is 1. The van der Waals surface area contributed by atoms with E-state index in [2.05, 4.69) is 44.0 Å². The molecule has 0 saturated carbocycles. The highest BCUT2D eigenvalue weighted by Gasteiger charge is 2.10. The fourth-order valence-corrected chi connectivity index (χ4v) is 3.74. The third-order valence-electron chi connectivity index (χ3n) is 5.39. The van der Waals surface area contributed by atoms with Crippen molar-refractivity contribution in [1.29, 1.82) is 0 Å². The minimum absolute atomic E-state index is 0.307. The predicted octanol–water partition coefficient (Wildman–Crippen LogP) is 5.39. The van der Waals surface area contributed by atoms with Crippen LogP contribution in [0.25, 0.3) is 33.3 Å². The molecule has 2 aromatic heterocycles. The zero-order valence-corrected chi connectivity index (χ0v) is 17.7. The van der Waals surface area contributed by atoms with E-state index >= 15 is 0 Å². The van der Waals surface area contributed by atoms with E-state index in [0.717, 1.165) is 38.9 Å². The minimum atomic E-state index is -0.307. The van der Waals surface area contributed by atoms with E-state index in [1.165, 1.54) is 0 Å². The smallest absolute Gasteiger partial charge is 0.323 e. The van der Waals surface area contributed by atoms with Crippen LogP contribution in [0.2, 0.25) is 0 Å². The van der Waals surface area contributed by atoms with Gasteiger partial charge < -0.3 is 16.4 Å². The molecule has 0 fully saturated rings. The zero-order valence-electron chi connectivity index (χ0n) is 17.7. The molecule has 7 heteroatoms. The number of rotatable bonds is 5. The van der Waals surface area contributed by atoms with Crippen molar-refractivity contribution in [3.8, 4) is 22.4 Å². The zero-order chi connectivity index (χ0) is 22.6. The number of nitrogens with one attached hydrogen (secondary N) is 3. The molecule has 0 aliphatic heterocycles. The van der Waals surface area contributed by atoms with Gasteiger partial charge in [0.2, 0.25) is 0 Å². The SMILES string of the molecule is NCc1cccc(NC(=O)Nc2ccc(-c3ccc4c(-c5cccnc5)n[nH]c4c3)cc2)c1. The lowest BCUT2D eigenvalue weighted by Gasteiger charge is -2.09. The molecule has 5 aromatic rings. The molecule has 5 rings (SSSR count). The molecule has 33 heavy (non-hydrogen) atoms. The first-order chi connectivity index (χ1) is 16.2. The molecule has 5 N–H and O–H groups in total. The number of benzene rings is 3. The highest BCUT2D eigenvalue weighted by atomic mass is 16.2. The monoisotopic (exact) mass is 434 g/mol. The van der Waals surface area contributed by atoms with Crippen molar-refractivity contribution in [3.63, 3.8) is 0 Å². The molecule has 0 unspecified atom stereocenters. The second-order valence-electron chi connectivity index (χ2n) is 7.64. The molecule has 2 amide bonds. The van der Waals surface area contributed by atoms with E-state index < -0.39 is 0 Å². The van der Waals surface area contributed by atoms with Crippen LogP contribution >= 0.6 is 0 Å². The quantitative estimate of drug-likeness (QED) is 0.297. The first kappa shape index (κ1) is 20.4. The topological polar surface area (TPSA) is 109 Å². The van der Waals surface area contributed by atoms with Gasteiger partial charge in [0.25, 0.3) is 0 Å². The minimum Gasteiger partial charge on any atom is -0.326 e. The highest BCUT2D eigenvalue weighted by molar-refractivity contribution is 6.00. The Hall–Kier alpha value is -4.49. The number of pyridine rings is 1. The first-order valence-electron chi connectivity index (χ1n) is 10.6. The van der Waals surface area contributed by atoms with Crippen molar-refractivity contribution in [2.45, 2.75) is 6.54 Å². The van der Waals surface area contributed by atoms with Crippen LogP contribution in [-0.4, -0.2) is 21.2 Å². The van der Waals surface area contributed by atoms with Gasteiger partial charge in [0.15, 0.2) is 0 Å². The van der Waals surface area contributed by atoms with Crippen LogP contribution in [0.1, 0.15) is 5.56 Å². The van der Waals surface area contributed by atoms with Gasteiger partial charge in [-0.05, 0) is 65.2 Å².